The van der Waals surface area contributed by atoms with Crippen molar-refractivity contribution in [2.24, 2.45) is 5.92 Å². The minimum atomic E-state index is -1.37. The van der Waals surface area contributed by atoms with Crippen LogP contribution < -0.4 is 19.1 Å². The lowest BCUT2D eigenvalue weighted by atomic mass is 9.86. The van der Waals surface area contributed by atoms with E-state index in [4.69, 9.17) is 37.4 Å². The number of anilines is 1. The third kappa shape index (κ3) is 4.33. The smallest absolute Gasteiger partial charge is 0.295 e. The van der Waals surface area contributed by atoms with Crippen LogP contribution in [0.25, 0.3) is 0 Å². The van der Waals surface area contributed by atoms with Crippen molar-refractivity contribution in [2.45, 2.75) is 6.04 Å². The lowest BCUT2D eigenvalue weighted by Crippen LogP contribution is -2.30. The molecule has 35 heavy (non-hydrogen) atoms. The van der Waals surface area contributed by atoms with Crippen molar-refractivity contribution in [3.8, 4) is 17.2 Å². The van der Waals surface area contributed by atoms with Gasteiger partial charge in [0.25, 0.3) is 5.91 Å². The van der Waals surface area contributed by atoms with Gasteiger partial charge in [0.2, 0.25) is 5.78 Å². The maximum atomic E-state index is 13.8. The summed E-state index contributed by atoms with van der Waals surface area (Å²) >= 11 is 12.4. The molecule has 180 valence electrons. The second kappa shape index (κ2) is 9.98. The number of amides is 1. The Morgan fingerprint density at radius 3 is 2.11 bits per heavy atom. The maximum Gasteiger partial charge on any atom is 0.295 e. The lowest BCUT2D eigenvalue weighted by Gasteiger charge is -2.28. The van der Waals surface area contributed by atoms with E-state index in [-0.39, 0.29) is 16.3 Å². The molecule has 0 N–H and O–H groups in total. The number of nitrogens with zero attached hydrogens (tertiary/aromatic N) is 1. The second-order valence-electron chi connectivity index (χ2n) is 7.73. The zero-order chi connectivity index (χ0) is 25.3. The molecule has 2 unspecified atom stereocenters. The van der Waals surface area contributed by atoms with Gasteiger partial charge < -0.3 is 14.2 Å². The van der Waals surface area contributed by atoms with Crippen molar-refractivity contribution in [3.05, 3.63) is 81.8 Å². The Morgan fingerprint density at radius 2 is 1.49 bits per heavy atom. The van der Waals surface area contributed by atoms with Crippen LogP contribution in [0.1, 0.15) is 22.0 Å². The first-order valence-electron chi connectivity index (χ1n) is 10.5. The molecule has 0 spiro atoms. The number of methoxy groups -OCH3 is 3. The van der Waals surface area contributed by atoms with Crippen LogP contribution in [0.3, 0.4) is 0 Å². The summed E-state index contributed by atoms with van der Waals surface area (Å²) < 4.78 is 16.0. The Morgan fingerprint density at radius 1 is 0.829 bits per heavy atom. The minimum absolute atomic E-state index is 0.0379. The predicted octanol–water partition coefficient (Wildman–Crippen LogP) is 5.18. The molecule has 1 saturated heterocycles. The van der Waals surface area contributed by atoms with Crippen LogP contribution in [0.4, 0.5) is 5.69 Å². The number of ether oxygens (including phenoxy) is 3. The van der Waals surface area contributed by atoms with Crippen molar-refractivity contribution < 1.29 is 28.6 Å². The van der Waals surface area contributed by atoms with Gasteiger partial charge in [-0.3, -0.25) is 19.3 Å². The summed E-state index contributed by atoms with van der Waals surface area (Å²) in [6.45, 7) is 0. The third-order valence-electron chi connectivity index (χ3n) is 5.89. The number of carbonyl (C=O) groups is 3. The van der Waals surface area contributed by atoms with Gasteiger partial charge in [0.1, 0.15) is 11.7 Å². The van der Waals surface area contributed by atoms with Crippen LogP contribution in [0.2, 0.25) is 10.0 Å². The first kappa shape index (κ1) is 24.6. The highest BCUT2D eigenvalue weighted by atomic mass is 35.5. The zero-order valence-electron chi connectivity index (χ0n) is 19.1. The average molecular weight is 514 g/mol. The predicted molar refractivity (Wildman–Crippen MR) is 132 cm³/mol. The highest BCUT2D eigenvalue weighted by Crippen LogP contribution is 2.45. The summed E-state index contributed by atoms with van der Waals surface area (Å²) in [5.74, 6) is -2.65. The summed E-state index contributed by atoms with van der Waals surface area (Å²) in [6.07, 6.45) is 0. The lowest BCUT2D eigenvalue weighted by molar-refractivity contribution is -0.135. The average Bonchev–Trinajstić information content (AvgIpc) is 3.13. The number of rotatable bonds is 7. The molecule has 2 atom stereocenters. The Labute approximate surface area is 212 Å². The van der Waals surface area contributed by atoms with Crippen LogP contribution in [-0.4, -0.2) is 38.8 Å². The van der Waals surface area contributed by atoms with Gasteiger partial charge >= 0.3 is 0 Å². The van der Waals surface area contributed by atoms with Gasteiger partial charge in [-0.1, -0.05) is 41.4 Å². The van der Waals surface area contributed by atoms with E-state index in [1.807, 2.05) is 0 Å². The molecule has 1 amide bonds. The number of hydrogen-bond acceptors (Lipinski definition) is 6. The third-order valence-corrected chi connectivity index (χ3v) is 6.45. The fourth-order valence-electron chi connectivity index (χ4n) is 4.26. The molecule has 0 bridgehead atoms. The van der Waals surface area contributed by atoms with Crippen LogP contribution >= 0.6 is 23.2 Å². The quantitative estimate of drug-likeness (QED) is 0.246. The van der Waals surface area contributed by atoms with E-state index >= 15 is 0 Å². The molecule has 0 radical (unpaired) electrons. The van der Waals surface area contributed by atoms with E-state index in [2.05, 4.69) is 0 Å². The van der Waals surface area contributed by atoms with E-state index in [0.717, 1.165) is 0 Å². The monoisotopic (exact) mass is 513 g/mol. The summed E-state index contributed by atoms with van der Waals surface area (Å²) in [5, 5.41) is 0.590. The fraction of sp³-hybridized carbons (Fsp3) is 0.192. The molecule has 3 aromatic carbocycles. The molecule has 0 aromatic heterocycles. The van der Waals surface area contributed by atoms with E-state index in [0.29, 0.717) is 27.8 Å². The second-order valence-corrected chi connectivity index (χ2v) is 8.58. The van der Waals surface area contributed by atoms with Gasteiger partial charge in [0.05, 0.1) is 38.0 Å². The number of hydrogen-bond donors (Lipinski definition) is 0. The molecule has 1 aliphatic rings. The van der Waals surface area contributed by atoms with Gasteiger partial charge in [-0.2, -0.15) is 0 Å². The Hall–Kier alpha value is -3.55. The summed E-state index contributed by atoms with van der Waals surface area (Å²) in [5.41, 5.74) is 0.950. The Bertz CT molecular complexity index is 1310. The van der Waals surface area contributed by atoms with E-state index in [9.17, 15) is 14.4 Å². The van der Waals surface area contributed by atoms with Crippen LogP contribution in [-0.2, 0) is 9.59 Å². The molecule has 7 nitrogen and oxygen atoms in total. The van der Waals surface area contributed by atoms with Crippen molar-refractivity contribution in [1.82, 2.24) is 0 Å². The van der Waals surface area contributed by atoms with Crippen LogP contribution in [0.15, 0.2) is 60.7 Å². The molecular formula is C26H21Cl2NO6. The summed E-state index contributed by atoms with van der Waals surface area (Å²) in [6, 6.07) is 15.2. The number of halogens is 2. The first-order chi connectivity index (χ1) is 16.8. The van der Waals surface area contributed by atoms with E-state index < -0.39 is 29.4 Å². The van der Waals surface area contributed by atoms with Gasteiger partial charge in [-0.25, -0.2) is 0 Å². The van der Waals surface area contributed by atoms with Crippen molar-refractivity contribution >= 4 is 46.4 Å². The number of Topliss-reactive ketones (excluding diaryl/α,β-unsaturated/α-hetero) is 2. The molecule has 4 rings (SSSR count). The molecule has 0 saturated carbocycles. The van der Waals surface area contributed by atoms with Crippen LogP contribution in [0.5, 0.6) is 17.2 Å². The molecule has 1 fully saturated rings. The SMILES string of the molecule is COc1ccc(N2C(=O)C(=O)C(C(=O)c3c(Cl)cccc3OC)C2c2ccc(Cl)cc2)cc1OC. The van der Waals surface area contributed by atoms with Crippen molar-refractivity contribution in [3.63, 3.8) is 0 Å². The molecule has 3 aromatic rings. The highest BCUT2D eigenvalue weighted by molar-refractivity contribution is 6.49. The summed E-state index contributed by atoms with van der Waals surface area (Å²) in [7, 11) is 4.35. The van der Waals surface area contributed by atoms with E-state index in [1.165, 1.54) is 32.3 Å². The standard InChI is InChI=1S/C26H21Cl2NO6/c1-33-18-12-11-16(13-20(18)35-3)29-23(14-7-9-15(27)10-8-14)22(25(31)26(29)32)24(30)21-17(28)5-4-6-19(21)34-2/h4-13,22-23H,1-3H3. The van der Waals surface area contributed by atoms with Gasteiger partial charge in [-0.15, -0.1) is 0 Å². The number of ketones is 2. The molecule has 9 heteroatoms. The fourth-order valence-corrected chi connectivity index (χ4v) is 4.64. The normalized spacial score (nSPS) is 17.5. The first-order valence-corrected chi connectivity index (χ1v) is 11.3. The molecule has 1 aliphatic heterocycles. The Balaban J connectivity index is 1.90. The topological polar surface area (TPSA) is 82.1 Å². The molecule has 1 heterocycles. The van der Waals surface area contributed by atoms with E-state index in [1.54, 1.807) is 54.6 Å². The molecular weight excluding hydrogens is 493 g/mol. The van der Waals surface area contributed by atoms with Gasteiger partial charge in [0, 0.05) is 16.8 Å². The molecule has 0 aliphatic carbocycles. The highest BCUT2D eigenvalue weighted by Gasteiger charge is 2.53. The van der Waals surface area contributed by atoms with Crippen molar-refractivity contribution in [1.29, 1.82) is 0 Å². The van der Waals surface area contributed by atoms with Gasteiger partial charge in [0.15, 0.2) is 17.3 Å². The van der Waals surface area contributed by atoms with Crippen LogP contribution in [0, 0.1) is 5.92 Å². The Kier molecular flexibility index (Phi) is 7.00. The van der Waals surface area contributed by atoms with Crippen molar-refractivity contribution in [2.75, 3.05) is 26.2 Å². The number of benzene rings is 3. The minimum Gasteiger partial charge on any atom is -0.496 e. The largest absolute Gasteiger partial charge is 0.496 e. The zero-order valence-corrected chi connectivity index (χ0v) is 20.6. The summed E-state index contributed by atoms with van der Waals surface area (Å²) in [4.78, 5) is 41.8. The number of carbonyl (C=O) groups excluding carboxylic acids is 3. The maximum absolute atomic E-state index is 13.8. The van der Waals surface area contributed by atoms with Gasteiger partial charge in [-0.05, 0) is 42.0 Å².